The van der Waals surface area contributed by atoms with Gasteiger partial charge in [0.25, 0.3) is 0 Å². The van der Waals surface area contributed by atoms with E-state index in [0.717, 1.165) is 17.6 Å². The van der Waals surface area contributed by atoms with Crippen LogP contribution >= 0.6 is 11.5 Å². The molecule has 5 nitrogen and oxygen atoms in total. The third-order valence-electron chi connectivity index (χ3n) is 2.44. The highest BCUT2D eigenvalue weighted by Crippen LogP contribution is 2.35. The molecule has 21 heavy (non-hydrogen) atoms. The summed E-state index contributed by atoms with van der Waals surface area (Å²) in [7, 11) is 0. The summed E-state index contributed by atoms with van der Waals surface area (Å²) in [4.78, 5) is 11.1. The molecule has 1 heterocycles. The molecule has 9 heteroatoms. The van der Waals surface area contributed by atoms with E-state index in [2.05, 4.69) is 14.4 Å². The molecule has 0 atom stereocenters. The first-order chi connectivity index (χ1) is 9.78. The molecule has 1 aromatic heterocycles. The first kappa shape index (κ1) is 15.1. The molecule has 0 aliphatic rings. The van der Waals surface area contributed by atoms with E-state index < -0.39 is 18.1 Å². The van der Waals surface area contributed by atoms with Gasteiger partial charge in [-0.25, -0.2) is 4.79 Å². The Hall–Kier alpha value is -2.29. The Bertz CT molecular complexity index is 670. The number of alkyl halides is 3. The number of hydrogen-bond acceptors (Lipinski definition) is 5. The topological polar surface area (TPSA) is 71.5 Å². The predicted octanol–water partition coefficient (Wildman–Crippen LogP) is 3.79. The molecular formula is C12H9F3N2O3S. The fourth-order valence-electron chi connectivity index (χ4n) is 1.61. The van der Waals surface area contributed by atoms with Crippen molar-refractivity contribution in [1.82, 2.24) is 4.37 Å². The molecular weight excluding hydrogens is 309 g/mol. The number of halogens is 3. The fraction of sp³-hybridized carbons (Fsp3) is 0.167. The molecule has 0 saturated carbocycles. The van der Waals surface area contributed by atoms with Crippen molar-refractivity contribution >= 4 is 28.2 Å². The van der Waals surface area contributed by atoms with E-state index in [0.29, 0.717) is 0 Å². The number of benzene rings is 1. The van der Waals surface area contributed by atoms with Gasteiger partial charge in [-0.15, -0.1) is 13.2 Å². The lowest BCUT2D eigenvalue weighted by atomic mass is 10.2. The average Bonchev–Trinajstić information content (AvgIpc) is 2.71. The van der Waals surface area contributed by atoms with E-state index >= 15 is 0 Å². The fourth-order valence-corrected chi connectivity index (χ4v) is 2.41. The normalized spacial score (nSPS) is 11.2. The van der Waals surface area contributed by atoms with E-state index in [1.165, 1.54) is 25.1 Å². The highest BCUT2D eigenvalue weighted by atomic mass is 32.1. The Balaban J connectivity index is 2.35. The van der Waals surface area contributed by atoms with Gasteiger partial charge in [0.15, 0.2) is 5.75 Å². The number of para-hydroxylation sites is 2. The van der Waals surface area contributed by atoms with Crippen LogP contribution in [0.15, 0.2) is 24.3 Å². The zero-order chi connectivity index (χ0) is 15.6. The summed E-state index contributed by atoms with van der Waals surface area (Å²) >= 11 is 0.847. The van der Waals surface area contributed by atoms with Gasteiger partial charge in [0, 0.05) is 0 Å². The van der Waals surface area contributed by atoms with Crippen LogP contribution in [0.4, 0.5) is 23.9 Å². The van der Waals surface area contributed by atoms with Crippen molar-refractivity contribution in [3.8, 4) is 5.75 Å². The van der Waals surface area contributed by atoms with Crippen LogP contribution in [0.5, 0.6) is 5.75 Å². The Kier molecular flexibility index (Phi) is 4.03. The standard InChI is InChI=1S/C12H9F3N2O3S/c1-6-9(11(18)19)10(21-17-6)16-7-4-2-3-5-8(7)20-12(13,14)15/h2-5,16H,1H3,(H,18,19). The summed E-state index contributed by atoms with van der Waals surface area (Å²) in [6, 6.07) is 5.36. The molecule has 2 aromatic rings. The molecule has 0 saturated heterocycles. The second kappa shape index (κ2) is 5.60. The van der Waals surface area contributed by atoms with Crippen LogP contribution in [0.25, 0.3) is 0 Å². The number of ether oxygens (including phenoxy) is 1. The van der Waals surface area contributed by atoms with Crippen molar-refractivity contribution in [3.63, 3.8) is 0 Å². The van der Waals surface area contributed by atoms with Crippen molar-refractivity contribution in [1.29, 1.82) is 0 Å². The van der Waals surface area contributed by atoms with Crippen molar-refractivity contribution < 1.29 is 27.8 Å². The smallest absolute Gasteiger partial charge is 0.478 e. The Morgan fingerprint density at radius 3 is 2.67 bits per heavy atom. The first-order valence-electron chi connectivity index (χ1n) is 5.59. The van der Waals surface area contributed by atoms with E-state index in [1.54, 1.807) is 0 Å². The van der Waals surface area contributed by atoms with Crippen LogP contribution in [0, 0.1) is 6.92 Å². The number of anilines is 2. The van der Waals surface area contributed by atoms with Crippen LogP contribution in [0.2, 0.25) is 0 Å². The highest BCUT2D eigenvalue weighted by Gasteiger charge is 2.32. The zero-order valence-corrected chi connectivity index (χ0v) is 11.4. The second-order valence-electron chi connectivity index (χ2n) is 3.95. The molecule has 0 fully saturated rings. The summed E-state index contributed by atoms with van der Waals surface area (Å²) in [5, 5.41) is 11.8. The lowest BCUT2D eigenvalue weighted by molar-refractivity contribution is -0.274. The summed E-state index contributed by atoms with van der Waals surface area (Å²) in [5.41, 5.74) is 0.201. The van der Waals surface area contributed by atoms with Crippen molar-refractivity contribution in [2.24, 2.45) is 0 Å². The van der Waals surface area contributed by atoms with Gasteiger partial charge in [-0.05, 0) is 30.6 Å². The van der Waals surface area contributed by atoms with E-state index in [4.69, 9.17) is 5.11 Å². The SMILES string of the molecule is Cc1nsc(Nc2ccccc2OC(F)(F)F)c1C(=O)O. The van der Waals surface area contributed by atoms with Crippen molar-refractivity contribution in [2.45, 2.75) is 13.3 Å². The molecule has 2 rings (SSSR count). The van der Waals surface area contributed by atoms with Gasteiger partial charge in [-0.1, -0.05) is 12.1 Å². The number of hydrogen-bond donors (Lipinski definition) is 2. The molecule has 0 bridgehead atoms. The number of carboxylic acids is 1. The Morgan fingerprint density at radius 1 is 1.38 bits per heavy atom. The predicted molar refractivity (Wildman–Crippen MR) is 70.2 cm³/mol. The molecule has 1 aromatic carbocycles. The van der Waals surface area contributed by atoms with Gasteiger partial charge < -0.3 is 15.2 Å². The quantitative estimate of drug-likeness (QED) is 0.897. The van der Waals surface area contributed by atoms with Gasteiger partial charge in [0.2, 0.25) is 0 Å². The highest BCUT2D eigenvalue weighted by molar-refractivity contribution is 7.10. The summed E-state index contributed by atoms with van der Waals surface area (Å²) in [6.07, 6.45) is -4.84. The number of nitrogens with zero attached hydrogens (tertiary/aromatic N) is 1. The summed E-state index contributed by atoms with van der Waals surface area (Å²) in [5.74, 6) is -1.66. The maximum absolute atomic E-state index is 12.3. The van der Waals surface area contributed by atoms with E-state index in [1.807, 2.05) is 0 Å². The minimum absolute atomic E-state index is 0.000903. The number of rotatable bonds is 4. The molecule has 0 unspecified atom stereocenters. The van der Waals surface area contributed by atoms with Gasteiger partial charge >= 0.3 is 12.3 Å². The van der Waals surface area contributed by atoms with Crippen LogP contribution in [-0.2, 0) is 0 Å². The molecule has 2 N–H and O–H groups in total. The van der Waals surface area contributed by atoms with E-state index in [9.17, 15) is 18.0 Å². The third-order valence-corrected chi connectivity index (χ3v) is 3.29. The Morgan fingerprint density at radius 2 is 2.05 bits per heavy atom. The molecule has 0 aliphatic carbocycles. The maximum atomic E-state index is 12.3. The van der Waals surface area contributed by atoms with Crippen molar-refractivity contribution in [2.75, 3.05) is 5.32 Å². The largest absolute Gasteiger partial charge is 0.573 e. The minimum Gasteiger partial charge on any atom is -0.478 e. The Labute approximate surface area is 121 Å². The summed E-state index contributed by atoms with van der Waals surface area (Å²) < 4.78 is 44.7. The van der Waals surface area contributed by atoms with Gasteiger partial charge in [0.05, 0.1) is 11.4 Å². The monoisotopic (exact) mass is 318 g/mol. The van der Waals surface area contributed by atoms with Crippen molar-refractivity contribution in [3.05, 3.63) is 35.5 Å². The number of carbonyl (C=O) groups is 1. The summed E-state index contributed by atoms with van der Waals surface area (Å²) in [6.45, 7) is 1.50. The molecule has 0 aliphatic heterocycles. The lowest BCUT2D eigenvalue weighted by Gasteiger charge is -2.13. The minimum atomic E-state index is -4.84. The molecule has 112 valence electrons. The third kappa shape index (κ3) is 3.63. The molecule has 0 amide bonds. The second-order valence-corrected chi connectivity index (χ2v) is 4.72. The van der Waals surface area contributed by atoms with Gasteiger partial charge in [-0.3, -0.25) is 0 Å². The first-order valence-corrected chi connectivity index (χ1v) is 6.36. The van der Waals surface area contributed by atoms with Crippen LogP contribution in [-0.4, -0.2) is 21.8 Å². The van der Waals surface area contributed by atoms with E-state index in [-0.39, 0.29) is 21.9 Å². The molecule has 0 spiro atoms. The lowest BCUT2D eigenvalue weighted by Crippen LogP contribution is -2.17. The van der Waals surface area contributed by atoms with Crippen LogP contribution < -0.4 is 10.1 Å². The number of nitrogens with one attached hydrogen (secondary N) is 1. The number of aromatic carboxylic acids is 1. The van der Waals surface area contributed by atoms with Gasteiger partial charge in [-0.2, -0.15) is 4.37 Å². The zero-order valence-electron chi connectivity index (χ0n) is 10.6. The number of aromatic nitrogens is 1. The molecule has 0 radical (unpaired) electrons. The van der Waals surface area contributed by atoms with Gasteiger partial charge in [0.1, 0.15) is 10.6 Å². The van der Waals surface area contributed by atoms with Crippen LogP contribution in [0.3, 0.4) is 0 Å². The average molecular weight is 318 g/mol. The number of carboxylic acid groups (broad SMARTS) is 1. The van der Waals surface area contributed by atoms with Crippen LogP contribution in [0.1, 0.15) is 16.1 Å². The number of aryl methyl sites for hydroxylation is 1. The maximum Gasteiger partial charge on any atom is 0.573 e.